The number of aryl methyl sites for hydroxylation is 1. The molecule has 0 amide bonds. The van der Waals surface area contributed by atoms with Crippen molar-refractivity contribution in [2.45, 2.75) is 19.3 Å². The van der Waals surface area contributed by atoms with Crippen LogP contribution in [0, 0.1) is 0 Å². The lowest BCUT2D eigenvalue weighted by Gasteiger charge is -2.21. The molecule has 3 aromatic rings. The zero-order valence-electron chi connectivity index (χ0n) is 19.1. The SMILES string of the molecule is CC1Cc2nn(C)c(-c3ccccc3)c2-c2nc(/N=C(N)\C=C/NCCN(C)C)ncc21. The highest BCUT2D eigenvalue weighted by Gasteiger charge is 2.30. The highest BCUT2D eigenvalue weighted by Crippen LogP contribution is 2.43. The highest BCUT2D eigenvalue weighted by molar-refractivity contribution is 5.93. The second kappa shape index (κ2) is 9.32. The number of nitrogens with one attached hydrogen (secondary N) is 1. The maximum absolute atomic E-state index is 6.09. The van der Waals surface area contributed by atoms with Crippen LogP contribution in [-0.2, 0) is 13.5 Å². The van der Waals surface area contributed by atoms with Gasteiger partial charge in [0.05, 0.1) is 17.1 Å². The molecule has 8 heteroatoms. The molecule has 0 radical (unpaired) electrons. The molecule has 8 nitrogen and oxygen atoms in total. The number of likely N-dealkylation sites (N-methyl/N-ethyl adjacent to an activating group) is 1. The normalized spacial score (nSPS) is 15.8. The van der Waals surface area contributed by atoms with Crippen molar-refractivity contribution < 1.29 is 0 Å². The molecule has 1 atom stereocenters. The van der Waals surface area contributed by atoms with Crippen LogP contribution in [0.3, 0.4) is 0 Å². The van der Waals surface area contributed by atoms with Crippen LogP contribution in [0.1, 0.15) is 24.1 Å². The molecule has 1 aliphatic rings. The quantitative estimate of drug-likeness (QED) is 0.340. The first-order valence-corrected chi connectivity index (χ1v) is 10.8. The van der Waals surface area contributed by atoms with Crippen LogP contribution in [0.25, 0.3) is 22.5 Å². The van der Waals surface area contributed by atoms with Crippen LogP contribution in [-0.4, -0.2) is 57.7 Å². The molecule has 1 aromatic carbocycles. The topological polar surface area (TPSA) is 97.2 Å². The molecule has 0 aliphatic heterocycles. The molecule has 0 spiro atoms. The van der Waals surface area contributed by atoms with E-state index in [4.69, 9.17) is 15.8 Å². The van der Waals surface area contributed by atoms with Crippen LogP contribution in [0.5, 0.6) is 0 Å². The van der Waals surface area contributed by atoms with Crippen molar-refractivity contribution in [1.82, 2.24) is 30.0 Å². The number of hydrogen-bond acceptors (Lipinski definition) is 6. The molecular formula is C24H30N8. The predicted molar refractivity (Wildman–Crippen MR) is 129 cm³/mol. The molecule has 0 saturated carbocycles. The number of amidine groups is 1. The summed E-state index contributed by atoms with van der Waals surface area (Å²) in [6.07, 6.45) is 6.27. The van der Waals surface area contributed by atoms with Gasteiger partial charge in [-0.05, 0) is 32.5 Å². The highest BCUT2D eigenvalue weighted by atomic mass is 15.3. The first kappa shape index (κ1) is 21.7. The minimum Gasteiger partial charge on any atom is -0.389 e. The van der Waals surface area contributed by atoms with Crippen LogP contribution in [0.2, 0.25) is 0 Å². The number of nitrogens with zero attached hydrogens (tertiary/aromatic N) is 6. The number of fused-ring (bicyclic) bond motifs is 3. The summed E-state index contributed by atoms with van der Waals surface area (Å²) in [4.78, 5) is 15.8. The van der Waals surface area contributed by atoms with E-state index in [1.807, 2.05) is 50.2 Å². The molecule has 2 heterocycles. The molecule has 3 N–H and O–H groups in total. The average Bonchev–Trinajstić information content (AvgIpc) is 3.09. The van der Waals surface area contributed by atoms with E-state index in [0.717, 1.165) is 53.3 Å². The standard InChI is InChI=1S/C24H30N8/c1-16-14-19-21(23(32(4)30-19)17-8-6-5-7-9-17)22-18(16)15-27-24(29-22)28-20(25)10-11-26-12-13-31(2)3/h5-11,15-16,26H,12-14H2,1-4H3,(H2,25,27,28,29)/b11-10-. The fourth-order valence-electron chi connectivity index (χ4n) is 3.96. The molecule has 2 aromatic heterocycles. The number of rotatable bonds is 7. The van der Waals surface area contributed by atoms with Crippen molar-refractivity contribution in [2.75, 3.05) is 27.2 Å². The van der Waals surface area contributed by atoms with Crippen molar-refractivity contribution in [3.8, 4) is 22.5 Å². The number of nitrogens with two attached hydrogens (primary N) is 1. The van der Waals surface area contributed by atoms with Gasteiger partial charge in [-0.1, -0.05) is 37.3 Å². The lowest BCUT2D eigenvalue weighted by atomic mass is 9.85. The number of benzene rings is 1. The van der Waals surface area contributed by atoms with Crippen LogP contribution in [0.4, 0.5) is 5.95 Å². The third-order valence-electron chi connectivity index (χ3n) is 5.54. The summed E-state index contributed by atoms with van der Waals surface area (Å²) in [7, 11) is 6.05. The fourth-order valence-corrected chi connectivity index (χ4v) is 3.96. The van der Waals surface area contributed by atoms with Crippen molar-refractivity contribution in [1.29, 1.82) is 0 Å². The summed E-state index contributed by atoms with van der Waals surface area (Å²) >= 11 is 0. The van der Waals surface area contributed by atoms with Gasteiger partial charge in [-0.25, -0.2) is 9.97 Å². The van der Waals surface area contributed by atoms with Gasteiger partial charge in [0, 0.05) is 49.2 Å². The molecule has 4 rings (SSSR count). The molecule has 0 bridgehead atoms. The van der Waals surface area contributed by atoms with Gasteiger partial charge in [-0.2, -0.15) is 10.1 Å². The van der Waals surface area contributed by atoms with Gasteiger partial charge < -0.3 is 16.0 Å². The predicted octanol–water partition coefficient (Wildman–Crippen LogP) is 2.86. The maximum Gasteiger partial charge on any atom is 0.251 e. The van der Waals surface area contributed by atoms with Gasteiger partial charge in [0.25, 0.3) is 5.95 Å². The molecular weight excluding hydrogens is 400 g/mol. The second-order valence-corrected chi connectivity index (χ2v) is 8.37. The van der Waals surface area contributed by atoms with E-state index >= 15 is 0 Å². The lowest BCUT2D eigenvalue weighted by Crippen LogP contribution is -2.23. The Kier molecular flexibility index (Phi) is 6.32. The smallest absolute Gasteiger partial charge is 0.251 e. The Labute approximate surface area is 188 Å². The summed E-state index contributed by atoms with van der Waals surface area (Å²) < 4.78 is 1.95. The molecule has 166 valence electrons. The Balaban J connectivity index is 1.67. The molecule has 32 heavy (non-hydrogen) atoms. The Morgan fingerprint density at radius 1 is 1.31 bits per heavy atom. The summed E-state index contributed by atoms with van der Waals surface area (Å²) in [5, 5.41) is 8.01. The van der Waals surface area contributed by atoms with E-state index < -0.39 is 0 Å². The molecule has 0 saturated heterocycles. The first-order chi connectivity index (χ1) is 15.4. The van der Waals surface area contributed by atoms with Gasteiger partial charge in [0.15, 0.2) is 0 Å². The van der Waals surface area contributed by atoms with Crippen LogP contribution in [0.15, 0.2) is 53.8 Å². The third kappa shape index (κ3) is 4.55. The van der Waals surface area contributed by atoms with Gasteiger partial charge in [0.2, 0.25) is 0 Å². The maximum atomic E-state index is 6.09. The zero-order valence-corrected chi connectivity index (χ0v) is 19.1. The van der Waals surface area contributed by atoms with E-state index in [1.165, 1.54) is 0 Å². The summed E-state index contributed by atoms with van der Waals surface area (Å²) in [5.41, 5.74) is 12.4. The lowest BCUT2D eigenvalue weighted by molar-refractivity contribution is 0.410. The van der Waals surface area contributed by atoms with Crippen molar-refractivity contribution >= 4 is 11.8 Å². The Bertz CT molecular complexity index is 1140. The molecule has 0 fully saturated rings. The van der Waals surface area contributed by atoms with E-state index in [1.54, 1.807) is 12.3 Å². The summed E-state index contributed by atoms with van der Waals surface area (Å²) in [5.74, 6) is 0.982. The monoisotopic (exact) mass is 430 g/mol. The summed E-state index contributed by atoms with van der Waals surface area (Å²) in [6, 6.07) is 10.3. The molecule has 1 unspecified atom stereocenters. The van der Waals surface area contributed by atoms with Gasteiger partial charge in [-0.3, -0.25) is 4.68 Å². The minimum absolute atomic E-state index is 0.284. The number of aliphatic imine (C=N–C) groups is 1. The second-order valence-electron chi connectivity index (χ2n) is 8.37. The largest absolute Gasteiger partial charge is 0.389 e. The van der Waals surface area contributed by atoms with E-state index in [2.05, 4.69) is 39.2 Å². The van der Waals surface area contributed by atoms with Crippen LogP contribution < -0.4 is 11.1 Å². The van der Waals surface area contributed by atoms with Gasteiger partial charge in [0.1, 0.15) is 5.84 Å². The van der Waals surface area contributed by atoms with E-state index in [-0.39, 0.29) is 5.92 Å². The molecule has 1 aliphatic carbocycles. The van der Waals surface area contributed by atoms with Gasteiger partial charge >= 0.3 is 0 Å². The number of hydrogen-bond donors (Lipinski definition) is 2. The van der Waals surface area contributed by atoms with E-state index in [9.17, 15) is 0 Å². The summed E-state index contributed by atoms with van der Waals surface area (Å²) in [6.45, 7) is 3.95. The van der Waals surface area contributed by atoms with Crippen molar-refractivity contribution in [3.63, 3.8) is 0 Å². The zero-order chi connectivity index (χ0) is 22.7. The first-order valence-electron chi connectivity index (χ1n) is 10.8. The van der Waals surface area contributed by atoms with Crippen molar-refractivity contribution in [3.05, 3.63) is 60.1 Å². The number of aromatic nitrogens is 4. The Morgan fingerprint density at radius 3 is 2.84 bits per heavy atom. The average molecular weight is 431 g/mol. The van der Waals surface area contributed by atoms with E-state index in [0.29, 0.717) is 11.8 Å². The van der Waals surface area contributed by atoms with Crippen molar-refractivity contribution in [2.24, 2.45) is 17.8 Å². The fraction of sp³-hybridized carbons (Fsp3) is 0.333. The van der Waals surface area contributed by atoms with Crippen LogP contribution >= 0.6 is 0 Å². The third-order valence-corrected chi connectivity index (χ3v) is 5.54. The Morgan fingerprint density at radius 2 is 2.09 bits per heavy atom. The van der Waals surface area contributed by atoms with Gasteiger partial charge in [-0.15, -0.1) is 0 Å². The Hall–Kier alpha value is -3.52. The minimum atomic E-state index is 0.284.